The van der Waals surface area contributed by atoms with Gasteiger partial charge in [-0.3, -0.25) is 4.79 Å². The van der Waals surface area contributed by atoms with Gasteiger partial charge in [-0.15, -0.1) is 0 Å². The molecule has 3 unspecified atom stereocenters. The number of amides is 2. The minimum absolute atomic E-state index is 0.0427. The van der Waals surface area contributed by atoms with Gasteiger partial charge in [0.25, 0.3) is 5.91 Å². The van der Waals surface area contributed by atoms with E-state index < -0.39 is 29.8 Å². The van der Waals surface area contributed by atoms with E-state index in [4.69, 9.17) is 4.74 Å². The lowest BCUT2D eigenvalue weighted by atomic mass is 9.75. The molecule has 6 rings (SSSR count). The van der Waals surface area contributed by atoms with Gasteiger partial charge in [0.2, 0.25) is 0 Å². The summed E-state index contributed by atoms with van der Waals surface area (Å²) in [6.07, 6.45) is 3.96. The molecule has 0 bridgehead atoms. The van der Waals surface area contributed by atoms with E-state index >= 15 is 4.39 Å². The standard InChI is InChI=1S/C34H39FN4O5/c1-5-44-32(41)30(29-27-7-6-13-37(27)19-36-29)39-18-25-24(31(39)40)15-23(16-26(25)35)21-10-8-20(9-11-21)22-12-14-38(33(42)43)28(17-22)34(2,3)4/h8-11,15-16,19,22,28,30H,5-7,12-14,17-18H2,1-4H3,(H,42,43). The van der Waals surface area contributed by atoms with Crippen LogP contribution in [0.3, 0.4) is 0 Å². The molecule has 3 aromatic rings. The Hall–Kier alpha value is -4.21. The van der Waals surface area contributed by atoms with Crippen molar-refractivity contribution in [1.82, 2.24) is 19.4 Å². The van der Waals surface area contributed by atoms with Crippen LogP contribution in [-0.2, 0) is 29.0 Å². The summed E-state index contributed by atoms with van der Waals surface area (Å²) >= 11 is 0. The Morgan fingerprint density at radius 2 is 1.89 bits per heavy atom. The molecule has 232 valence electrons. The van der Waals surface area contributed by atoms with Crippen LogP contribution in [0.2, 0.25) is 0 Å². The van der Waals surface area contributed by atoms with Gasteiger partial charge in [-0.25, -0.2) is 19.0 Å². The Bertz CT molecular complexity index is 1610. The summed E-state index contributed by atoms with van der Waals surface area (Å²) in [6, 6.07) is 9.90. The number of halogens is 1. The highest BCUT2D eigenvalue weighted by molar-refractivity contribution is 6.02. The number of aromatic nitrogens is 2. The van der Waals surface area contributed by atoms with Crippen molar-refractivity contribution >= 4 is 18.0 Å². The van der Waals surface area contributed by atoms with Crippen molar-refractivity contribution in [1.29, 1.82) is 0 Å². The molecule has 2 amide bonds. The maximum absolute atomic E-state index is 15.6. The van der Waals surface area contributed by atoms with E-state index in [-0.39, 0.29) is 41.7 Å². The maximum Gasteiger partial charge on any atom is 0.407 e. The van der Waals surface area contributed by atoms with Gasteiger partial charge in [0, 0.05) is 36.0 Å². The molecule has 9 nitrogen and oxygen atoms in total. The minimum Gasteiger partial charge on any atom is -0.465 e. The molecule has 0 aliphatic carbocycles. The van der Waals surface area contributed by atoms with E-state index in [9.17, 15) is 19.5 Å². The molecule has 3 aliphatic rings. The highest BCUT2D eigenvalue weighted by atomic mass is 19.1. The first-order valence-corrected chi connectivity index (χ1v) is 15.4. The summed E-state index contributed by atoms with van der Waals surface area (Å²) in [7, 11) is 0. The predicted molar refractivity (Wildman–Crippen MR) is 162 cm³/mol. The van der Waals surface area contributed by atoms with Gasteiger partial charge < -0.3 is 24.2 Å². The number of esters is 1. The van der Waals surface area contributed by atoms with Crippen molar-refractivity contribution in [3.8, 4) is 11.1 Å². The van der Waals surface area contributed by atoms with Crippen LogP contribution in [0, 0.1) is 11.2 Å². The Labute approximate surface area is 256 Å². The monoisotopic (exact) mass is 602 g/mol. The SMILES string of the molecule is CCOC(=O)C(c1ncn2c1CCC2)N1Cc2c(F)cc(-c3ccc(C4CCN(C(=O)O)C(C(C)(C)C)C4)cc3)cc2C1=O. The average Bonchev–Trinajstić information content (AvgIpc) is 3.70. The maximum atomic E-state index is 15.6. The summed E-state index contributed by atoms with van der Waals surface area (Å²) in [4.78, 5) is 46.3. The van der Waals surface area contributed by atoms with Crippen LogP contribution in [0.1, 0.15) is 91.8 Å². The summed E-state index contributed by atoms with van der Waals surface area (Å²) in [5.41, 5.74) is 4.18. The molecule has 1 saturated heterocycles. The van der Waals surface area contributed by atoms with Gasteiger partial charge in [0.1, 0.15) is 5.82 Å². The van der Waals surface area contributed by atoms with Crippen LogP contribution in [0.5, 0.6) is 0 Å². The second-order valence-electron chi connectivity index (χ2n) is 13.1. The predicted octanol–water partition coefficient (Wildman–Crippen LogP) is 6.17. The van der Waals surface area contributed by atoms with Crippen molar-refractivity contribution in [3.05, 3.63) is 76.6 Å². The van der Waals surface area contributed by atoms with E-state index in [0.29, 0.717) is 17.8 Å². The molecule has 1 aromatic heterocycles. The number of rotatable bonds is 6. The lowest BCUT2D eigenvalue weighted by Crippen LogP contribution is -2.51. The Kier molecular flexibility index (Phi) is 7.71. The molecular formula is C34H39FN4O5. The van der Waals surface area contributed by atoms with E-state index in [2.05, 4.69) is 25.8 Å². The highest BCUT2D eigenvalue weighted by Gasteiger charge is 2.43. The zero-order valence-electron chi connectivity index (χ0n) is 25.7. The number of fused-ring (bicyclic) bond motifs is 2. The van der Waals surface area contributed by atoms with Crippen LogP contribution in [0.15, 0.2) is 42.7 Å². The molecule has 3 aliphatic heterocycles. The summed E-state index contributed by atoms with van der Waals surface area (Å²) < 4.78 is 23.0. The van der Waals surface area contributed by atoms with Crippen molar-refractivity contribution in [2.24, 2.45) is 5.41 Å². The van der Waals surface area contributed by atoms with Gasteiger partial charge in [0.05, 0.1) is 25.2 Å². The second kappa shape index (κ2) is 11.4. The van der Waals surface area contributed by atoms with E-state index in [1.54, 1.807) is 24.2 Å². The summed E-state index contributed by atoms with van der Waals surface area (Å²) in [5, 5.41) is 9.72. The smallest absolute Gasteiger partial charge is 0.407 e. The molecule has 4 heterocycles. The van der Waals surface area contributed by atoms with E-state index in [1.165, 1.54) is 11.0 Å². The van der Waals surface area contributed by atoms with Crippen molar-refractivity contribution < 1.29 is 28.6 Å². The van der Waals surface area contributed by atoms with Crippen LogP contribution >= 0.6 is 0 Å². The van der Waals surface area contributed by atoms with Crippen LogP contribution in [0.4, 0.5) is 9.18 Å². The summed E-state index contributed by atoms with van der Waals surface area (Å²) in [6.45, 7) is 9.33. The molecule has 1 N–H and O–H groups in total. The molecule has 10 heteroatoms. The van der Waals surface area contributed by atoms with Crippen molar-refractivity contribution in [2.75, 3.05) is 13.2 Å². The number of carboxylic acid groups (broad SMARTS) is 1. The number of carbonyl (C=O) groups is 3. The average molecular weight is 603 g/mol. The van der Waals surface area contributed by atoms with Gasteiger partial charge in [0.15, 0.2) is 6.04 Å². The molecule has 1 fully saturated rings. The van der Waals surface area contributed by atoms with Gasteiger partial charge >= 0.3 is 12.1 Å². The third kappa shape index (κ3) is 5.24. The van der Waals surface area contributed by atoms with E-state index in [1.807, 2.05) is 28.8 Å². The lowest BCUT2D eigenvalue weighted by Gasteiger charge is -2.44. The molecule has 0 spiro atoms. The molecule has 0 radical (unpaired) electrons. The van der Waals surface area contributed by atoms with Crippen molar-refractivity contribution in [3.63, 3.8) is 0 Å². The molecule has 0 saturated carbocycles. The Morgan fingerprint density at radius 3 is 2.57 bits per heavy atom. The fourth-order valence-corrected chi connectivity index (χ4v) is 7.17. The van der Waals surface area contributed by atoms with Crippen LogP contribution < -0.4 is 0 Å². The number of likely N-dealkylation sites (tertiary alicyclic amines) is 1. The first-order chi connectivity index (χ1) is 21.0. The molecule has 44 heavy (non-hydrogen) atoms. The number of benzene rings is 2. The van der Waals surface area contributed by atoms with Crippen molar-refractivity contribution in [2.45, 2.75) is 84.5 Å². The van der Waals surface area contributed by atoms with Gasteiger partial charge in [-0.05, 0) is 72.8 Å². The number of aryl methyl sites for hydroxylation is 1. The molecule has 3 atom stereocenters. The number of nitrogens with zero attached hydrogens (tertiary/aromatic N) is 4. The Morgan fingerprint density at radius 1 is 1.14 bits per heavy atom. The fraction of sp³-hybridized carbons (Fsp3) is 0.471. The number of piperidine rings is 1. The fourth-order valence-electron chi connectivity index (χ4n) is 7.17. The zero-order valence-corrected chi connectivity index (χ0v) is 25.7. The first kappa shape index (κ1) is 29.8. The number of hydrogen-bond donors (Lipinski definition) is 1. The number of ether oxygens (including phenoxy) is 1. The lowest BCUT2D eigenvalue weighted by molar-refractivity contribution is -0.149. The number of hydrogen-bond acceptors (Lipinski definition) is 5. The Balaban J connectivity index is 1.26. The summed E-state index contributed by atoms with van der Waals surface area (Å²) in [5.74, 6) is -1.28. The topological polar surface area (TPSA) is 105 Å². The number of imidazole rings is 1. The third-order valence-corrected chi connectivity index (χ3v) is 9.45. The quantitative estimate of drug-likeness (QED) is 0.339. The normalized spacial score (nSPS) is 20.4. The van der Waals surface area contributed by atoms with Gasteiger partial charge in [-0.2, -0.15) is 0 Å². The van der Waals surface area contributed by atoms with Crippen LogP contribution in [0.25, 0.3) is 11.1 Å². The second-order valence-corrected chi connectivity index (χ2v) is 13.1. The van der Waals surface area contributed by atoms with E-state index in [0.717, 1.165) is 49.0 Å². The first-order valence-electron chi connectivity index (χ1n) is 15.4. The molecule has 2 aromatic carbocycles. The van der Waals surface area contributed by atoms with Gasteiger partial charge in [-0.1, -0.05) is 45.0 Å². The van der Waals surface area contributed by atoms with Crippen LogP contribution in [-0.4, -0.2) is 61.6 Å². The number of carbonyl (C=O) groups excluding carboxylic acids is 2. The molecular weight excluding hydrogens is 563 g/mol. The zero-order chi connectivity index (χ0) is 31.3. The third-order valence-electron chi connectivity index (χ3n) is 9.45. The minimum atomic E-state index is -1.05. The largest absolute Gasteiger partial charge is 0.465 e. The highest BCUT2D eigenvalue weighted by Crippen LogP contribution is 2.41.